The third kappa shape index (κ3) is 4.57. The van der Waals surface area contributed by atoms with Crippen LogP contribution in [0, 0.1) is 10.1 Å². The van der Waals surface area contributed by atoms with E-state index in [0.717, 1.165) is 11.1 Å². The molecule has 0 aliphatic rings. The van der Waals surface area contributed by atoms with Crippen LogP contribution in [-0.2, 0) is 13.1 Å². The lowest BCUT2D eigenvalue weighted by Gasteiger charge is -2.07. The van der Waals surface area contributed by atoms with Crippen LogP contribution in [0.25, 0.3) is 0 Å². The maximum Gasteiger partial charge on any atom is 0.409 e. The van der Waals surface area contributed by atoms with Crippen molar-refractivity contribution < 1.29 is 14.8 Å². The zero-order valence-corrected chi connectivity index (χ0v) is 11.7. The summed E-state index contributed by atoms with van der Waals surface area (Å²) in [6, 6.07) is 13.4. The van der Waals surface area contributed by atoms with Gasteiger partial charge in [0.05, 0.1) is 4.92 Å². The lowest BCUT2D eigenvalue weighted by molar-refractivity contribution is -0.384. The topological polar surface area (TPSA) is 104 Å². The summed E-state index contributed by atoms with van der Waals surface area (Å²) in [5.74, 6) is 0. The van der Waals surface area contributed by atoms with Gasteiger partial charge in [-0.05, 0) is 23.3 Å². The average molecular weight is 301 g/mol. The van der Waals surface area contributed by atoms with Gasteiger partial charge in [0.2, 0.25) is 0 Å². The van der Waals surface area contributed by atoms with Gasteiger partial charge in [0.1, 0.15) is 0 Å². The Morgan fingerprint density at radius 1 is 1.09 bits per heavy atom. The van der Waals surface area contributed by atoms with E-state index in [0.29, 0.717) is 18.8 Å². The van der Waals surface area contributed by atoms with E-state index in [4.69, 9.17) is 5.11 Å². The first-order valence-corrected chi connectivity index (χ1v) is 6.57. The molecule has 0 aliphatic carbocycles. The fourth-order valence-electron chi connectivity index (χ4n) is 2.01. The van der Waals surface area contributed by atoms with Gasteiger partial charge in [0.25, 0.3) is 5.69 Å². The number of hydrogen-bond donors (Lipinski definition) is 3. The number of anilines is 1. The van der Waals surface area contributed by atoms with Gasteiger partial charge in [-0.25, -0.2) is 4.79 Å². The molecular formula is C15H15N3O4. The van der Waals surface area contributed by atoms with Crippen molar-refractivity contribution in [3.8, 4) is 0 Å². The molecule has 2 rings (SSSR count). The molecule has 0 heterocycles. The van der Waals surface area contributed by atoms with Gasteiger partial charge in [-0.15, -0.1) is 0 Å². The van der Waals surface area contributed by atoms with Crippen LogP contribution in [0.1, 0.15) is 11.1 Å². The van der Waals surface area contributed by atoms with E-state index < -0.39 is 11.0 Å². The van der Waals surface area contributed by atoms with E-state index >= 15 is 0 Å². The van der Waals surface area contributed by atoms with Crippen LogP contribution in [0.5, 0.6) is 0 Å². The zero-order chi connectivity index (χ0) is 15.9. The second-order valence-electron chi connectivity index (χ2n) is 4.66. The van der Waals surface area contributed by atoms with Crippen LogP contribution < -0.4 is 10.6 Å². The Kier molecular flexibility index (Phi) is 5.05. The fraction of sp³-hybridized carbons (Fsp3) is 0.133. The minimum atomic E-state index is -1.11. The maximum absolute atomic E-state index is 10.7. The van der Waals surface area contributed by atoms with Crippen molar-refractivity contribution in [3.05, 3.63) is 69.8 Å². The predicted octanol–water partition coefficient (Wildman–Crippen LogP) is 2.97. The predicted molar refractivity (Wildman–Crippen MR) is 81.7 cm³/mol. The first-order chi connectivity index (χ1) is 10.5. The van der Waals surface area contributed by atoms with E-state index in [2.05, 4.69) is 10.6 Å². The molecule has 0 unspecified atom stereocenters. The van der Waals surface area contributed by atoms with Crippen molar-refractivity contribution in [3.63, 3.8) is 0 Å². The van der Waals surface area contributed by atoms with E-state index in [-0.39, 0.29) is 5.69 Å². The molecule has 1 amide bonds. The van der Waals surface area contributed by atoms with Crippen molar-refractivity contribution in [1.29, 1.82) is 0 Å². The molecule has 0 spiro atoms. The highest BCUT2D eigenvalue weighted by atomic mass is 16.6. The SMILES string of the molecule is O=C(O)Nc1cccc(CNCc2cccc([N+](=O)[O-])c2)c1. The van der Waals surface area contributed by atoms with Gasteiger partial charge in [-0.3, -0.25) is 15.4 Å². The van der Waals surface area contributed by atoms with Crippen LogP contribution in [0.2, 0.25) is 0 Å². The average Bonchev–Trinajstić information content (AvgIpc) is 2.47. The summed E-state index contributed by atoms with van der Waals surface area (Å²) in [5, 5.41) is 24.8. The Labute approximate surface area is 126 Å². The van der Waals surface area contributed by atoms with Crippen LogP contribution in [0.3, 0.4) is 0 Å². The summed E-state index contributed by atoms with van der Waals surface area (Å²) >= 11 is 0. The van der Waals surface area contributed by atoms with Crippen molar-refractivity contribution >= 4 is 17.5 Å². The summed E-state index contributed by atoms with van der Waals surface area (Å²) < 4.78 is 0. The Morgan fingerprint density at radius 3 is 2.36 bits per heavy atom. The molecule has 3 N–H and O–H groups in total. The van der Waals surface area contributed by atoms with Gasteiger partial charge >= 0.3 is 6.09 Å². The van der Waals surface area contributed by atoms with Gasteiger partial charge in [-0.1, -0.05) is 24.3 Å². The number of non-ortho nitro benzene ring substituents is 1. The van der Waals surface area contributed by atoms with Crippen molar-refractivity contribution in [2.45, 2.75) is 13.1 Å². The summed E-state index contributed by atoms with van der Waals surface area (Å²) in [4.78, 5) is 20.9. The Balaban J connectivity index is 1.92. The van der Waals surface area contributed by atoms with Crippen LogP contribution >= 0.6 is 0 Å². The number of nitro groups is 1. The number of benzene rings is 2. The van der Waals surface area contributed by atoms with Crippen molar-refractivity contribution in [1.82, 2.24) is 5.32 Å². The van der Waals surface area contributed by atoms with Crippen LogP contribution in [0.15, 0.2) is 48.5 Å². The molecular weight excluding hydrogens is 286 g/mol. The number of nitrogens with one attached hydrogen (secondary N) is 2. The molecule has 22 heavy (non-hydrogen) atoms. The number of amides is 1. The maximum atomic E-state index is 10.7. The second-order valence-corrected chi connectivity index (χ2v) is 4.66. The van der Waals surface area contributed by atoms with E-state index in [1.165, 1.54) is 12.1 Å². The quantitative estimate of drug-likeness (QED) is 0.562. The number of carboxylic acid groups (broad SMARTS) is 1. The first kappa shape index (κ1) is 15.5. The van der Waals surface area contributed by atoms with Gasteiger partial charge < -0.3 is 10.4 Å². The minimum Gasteiger partial charge on any atom is -0.465 e. The van der Waals surface area contributed by atoms with Gasteiger partial charge in [0.15, 0.2) is 0 Å². The molecule has 0 aliphatic heterocycles. The largest absolute Gasteiger partial charge is 0.465 e. The standard InChI is InChI=1S/C15H15N3O4/c19-15(20)17-13-5-1-3-11(7-13)9-16-10-12-4-2-6-14(8-12)18(21)22/h1-8,16-17H,9-10H2,(H,19,20). The second kappa shape index (κ2) is 7.19. The summed E-state index contributed by atoms with van der Waals surface area (Å²) in [6.45, 7) is 1.01. The first-order valence-electron chi connectivity index (χ1n) is 6.57. The number of rotatable bonds is 6. The number of carbonyl (C=O) groups is 1. The molecule has 0 saturated heterocycles. The lowest BCUT2D eigenvalue weighted by atomic mass is 10.1. The van der Waals surface area contributed by atoms with Crippen LogP contribution in [-0.4, -0.2) is 16.1 Å². The highest BCUT2D eigenvalue weighted by Gasteiger charge is 2.05. The molecule has 0 bridgehead atoms. The number of nitrogens with zero attached hydrogens (tertiary/aromatic N) is 1. The van der Waals surface area contributed by atoms with Crippen molar-refractivity contribution in [2.75, 3.05) is 5.32 Å². The normalized spacial score (nSPS) is 10.2. The lowest BCUT2D eigenvalue weighted by Crippen LogP contribution is -2.13. The monoisotopic (exact) mass is 301 g/mol. The zero-order valence-electron chi connectivity index (χ0n) is 11.7. The molecule has 7 nitrogen and oxygen atoms in total. The molecule has 0 aromatic heterocycles. The molecule has 7 heteroatoms. The molecule has 2 aromatic rings. The number of nitro benzene ring substituents is 1. The minimum absolute atomic E-state index is 0.0620. The molecule has 0 saturated carbocycles. The molecule has 114 valence electrons. The summed E-state index contributed by atoms with van der Waals surface area (Å²) in [5.41, 5.74) is 2.29. The van der Waals surface area contributed by atoms with Gasteiger partial charge in [-0.2, -0.15) is 0 Å². The molecule has 0 atom stereocenters. The smallest absolute Gasteiger partial charge is 0.409 e. The molecule has 0 fully saturated rings. The fourth-order valence-corrected chi connectivity index (χ4v) is 2.01. The van der Waals surface area contributed by atoms with Crippen molar-refractivity contribution in [2.24, 2.45) is 0 Å². The van der Waals surface area contributed by atoms with Gasteiger partial charge in [0, 0.05) is 30.9 Å². The third-order valence-electron chi connectivity index (χ3n) is 2.96. The van der Waals surface area contributed by atoms with E-state index in [1.54, 1.807) is 24.3 Å². The Morgan fingerprint density at radius 2 is 1.73 bits per heavy atom. The van der Waals surface area contributed by atoms with E-state index in [9.17, 15) is 14.9 Å². The molecule has 2 aromatic carbocycles. The van der Waals surface area contributed by atoms with E-state index in [1.807, 2.05) is 12.1 Å². The number of hydrogen-bond acceptors (Lipinski definition) is 4. The Bertz CT molecular complexity index is 688. The summed E-state index contributed by atoms with van der Waals surface area (Å²) in [7, 11) is 0. The third-order valence-corrected chi connectivity index (χ3v) is 2.96. The molecule has 0 radical (unpaired) electrons. The Hall–Kier alpha value is -2.93. The van der Waals surface area contributed by atoms with Crippen LogP contribution in [0.4, 0.5) is 16.2 Å². The summed E-state index contributed by atoms with van der Waals surface area (Å²) in [6.07, 6.45) is -1.11. The highest BCUT2D eigenvalue weighted by molar-refractivity contribution is 5.82. The highest BCUT2D eigenvalue weighted by Crippen LogP contribution is 2.14.